The van der Waals surface area contributed by atoms with Gasteiger partial charge < -0.3 is 19.5 Å². The van der Waals surface area contributed by atoms with Crippen molar-refractivity contribution in [3.63, 3.8) is 0 Å². The number of alkyl halides is 3. The van der Waals surface area contributed by atoms with Gasteiger partial charge in [0.2, 0.25) is 0 Å². The third-order valence-corrected chi connectivity index (χ3v) is 5.20. The lowest BCUT2D eigenvalue weighted by atomic mass is 9.93. The van der Waals surface area contributed by atoms with E-state index in [0.717, 1.165) is 5.57 Å². The average molecular weight is 476 g/mol. The van der Waals surface area contributed by atoms with Crippen molar-refractivity contribution in [2.45, 2.75) is 51.2 Å². The van der Waals surface area contributed by atoms with Crippen LogP contribution >= 0.6 is 23.2 Å². The highest BCUT2D eigenvalue weighted by molar-refractivity contribution is 6.57. The molecular formula is C21H24Cl2FNO6. The Morgan fingerprint density at radius 3 is 2.58 bits per heavy atom. The SMILES string of the molecule is CCOC(=O)CCC(C)=CCc1c(NC(=O)C(F)(Cl)Cl)c2c(c(C)c1OC)COC2=O. The van der Waals surface area contributed by atoms with Crippen molar-refractivity contribution >= 4 is 46.7 Å². The number of esters is 2. The van der Waals surface area contributed by atoms with Crippen LogP contribution in [0.25, 0.3) is 0 Å². The molecule has 1 heterocycles. The summed E-state index contributed by atoms with van der Waals surface area (Å²) in [7, 11) is 1.45. The molecule has 0 fully saturated rings. The summed E-state index contributed by atoms with van der Waals surface area (Å²) in [4.78, 5) is 36.1. The van der Waals surface area contributed by atoms with Crippen molar-refractivity contribution in [1.82, 2.24) is 0 Å². The molecule has 0 spiro atoms. The molecule has 1 aliphatic rings. The van der Waals surface area contributed by atoms with Crippen LogP contribution in [0.4, 0.5) is 10.1 Å². The van der Waals surface area contributed by atoms with Crippen molar-refractivity contribution in [3.05, 3.63) is 33.9 Å². The molecule has 31 heavy (non-hydrogen) atoms. The molecule has 10 heteroatoms. The van der Waals surface area contributed by atoms with Gasteiger partial charge in [-0.1, -0.05) is 34.9 Å². The van der Waals surface area contributed by atoms with Crippen molar-refractivity contribution in [2.24, 2.45) is 0 Å². The first-order valence-electron chi connectivity index (χ1n) is 9.60. The fraction of sp³-hybridized carbons (Fsp3) is 0.476. The Labute approximate surface area is 189 Å². The van der Waals surface area contributed by atoms with Gasteiger partial charge in [0.1, 0.15) is 12.4 Å². The summed E-state index contributed by atoms with van der Waals surface area (Å²) in [6.07, 6.45) is 2.72. The third-order valence-electron chi connectivity index (χ3n) is 4.86. The second-order valence-electron chi connectivity index (χ2n) is 6.95. The molecule has 0 radical (unpaired) electrons. The number of ether oxygens (including phenoxy) is 3. The van der Waals surface area contributed by atoms with Crippen LogP contribution in [0.15, 0.2) is 11.6 Å². The highest BCUT2D eigenvalue weighted by Crippen LogP contribution is 2.42. The lowest BCUT2D eigenvalue weighted by Crippen LogP contribution is -2.29. The van der Waals surface area contributed by atoms with Gasteiger partial charge in [-0.3, -0.25) is 9.59 Å². The molecule has 7 nitrogen and oxygen atoms in total. The predicted octanol–water partition coefficient (Wildman–Crippen LogP) is 4.55. The van der Waals surface area contributed by atoms with Gasteiger partial charge in [0, 0.05) is 17.5 Å². The molecule has 0 bridgehead atoms. The Balaban J connectivity index is 2.47. The molecule has 0 saturated heterocycles. The van der Waals surface area contributed by atoms with Crippen molar-refractivity contribution in [3.8, 4) is 5.75 Å². The maximum atomic E-state index is 13.8. The van der Waals surface area contributed by atoms with Crippen LogP contribution in [0, 0.1) is 6.92 Å². The molecule has 0 aliphatic carbocycles. The van der Waals surface area contributed by atoms with Crippen LogP contribution in [0.1, 0.15) is 53.7 Å². The number of nitrogens with one attached hydrogen (secondary N) is 1. The standard InChI is InChI=1S/C21H24Cl2FNO6/c1-5-30-15(26)9-7-11(2)6-8-13-17(25-20(28)21(22,23)24)16-14(10-31-19(16)27)12(3)18(13)29-4/h6H,5,7-10H2,1-4H3,(H,25,28). The molecular weight excluding hydrogens is 452 g/mol. The zero-order valence-electron chi connectivity index (χ0n) is 17.7. The van der Waals surface area contributed by atoms with E-state index in [-0.39, 0.29) is 36.7 Å². The Kier molecular flexibility index (Phi) is 8.31. The summed E-state index contributed by atoms with van der Waals surface area (Å²) in [5.41, 5.74) is 2.64. The van der Waals surface area contributed by atoms with Gasteiger partial charge in [0.15, 0.2) is 0 Å². The van der Waals surface area contributed by atoms with Gasteiger partial charge in [-0.25, -0.2) is 4.79 Å². The predicted molar refractivity (Wildman–Crippen MR) is 114 cm³/mol. The summed E-state index contributed by atoms with van der Waals surface area (Å²) < 4.78 is 26.1. The normalized spacial score (nSPS) is 13.5. The minimum atomic E-state index is -3.20. The van der Waals surface area contributed by atoms with E-state index in [4.69, 9.17) is 37.4 Å². The maximum absolute atomic E-state index is 13.8. The number of carbonyl (C=O) groups is 3. The summed E-state index contributed by atoms with van der Waals surface area (Å²) in [5, 5.41) is 2.31. The van der Waals surface area contributed by atoms with E-state index in [1.807, 2.05) is 13.0 Å². The van der Waals surface area contributed by atoms with Gasteiger partial charge in [-0.2, -0.15) is 4.39 Å². The number of hydrogen-bond donors (Lipinski definition) is 1. The Morgan fingerprint density at radius 1 is 1.32 bits per heavy atom. The fourth-order valence-corrected chi connectivity index (χ4v) is 3.38. The number of fused-ring (bicyclic) bond motifs is 1. The van der Waals surface area contributed by atoms with Crippen molar-refractivity contribution in [2.75, 3.05) is 19.0 Å². The van der Waals surface area contributed by atoms with Crippen LogP contribution < -0.4 is 10.1 Å². The lowest BCUT2D eigenvalue weighted by molar-refractivity contribution is -0.143. The molecule has 1 aromatic carbocycles. The number of cyclic esters (lactones) is 1. The highest BCUT2D eigenvalue weighted by Gasteiger charge is 2.38. The Morgan fingerprint density at radius 2 is 2.00 bits per heavy atom. The Hall–Kier alpha value is -2.32. The van der Waals surface area contributed by atoms with Crippen LogP contribution in [0.5, 0.6) is 5.75 Å². The number of carbonyl (C=O) groups excluding carboxylic acids is 3. The molecule has 170 valence electrons. The van der Waals surface area contributed by atoms with Crippen LogP contribution in [0.3, 0.4) is 0 Å². The molecule has 1 amide bonds. The first-order valence-corrected chi connectivity index (χ1v) is 10.4. The van der Waals surface area contributed by atoms with E-state index in [2.05, 4.69) is 5.32 Å². The second kappa shape index (κ2) is 10.3. The zero-order valence-corrected chi connectivity index (χ0v) is 19.2. The topological polar surface area (TPSA) is 90.9 Å². The number of halogens is 3. The number of methoxy groups -OCH3 is 1. The quantitative estimate of drug-likeness (QED) is 0.320. The fourth-order valence-electron chi connectivity index (χ4n) is 3.29. The summed E-state index contributed by atoms with van der Waals surface area (Å²) >= 11 is 10.6. The van der Waals surface area contributed by atoms with E-state index < -0.39 is 16.5 Å². The van der Waals surface area contributed by atoms with E-state index in [0.29, 0.717) is 35.5 Å². The van der Waals surface area contributed by atoms with Crippen molar-refractivity contribution < 1.29 is 33.0 Å². The molecule has 1 aromatic rings. The third kappa shape index (κ3) is 5.89. The first-order chi connectivity index (χ1) is 14.5. The summed E-state index contributed by atoms with van der Waals surface area (Å²) in [5.74, 6) is -1.89. The minimum Gasteiger partial charge on any atom is -0.496 e. The maximum Gasteiger partial charge on any atom is 0.341 e. The minimum absolute atomic E-state index is 0.00354. The molecule has 0 unspecified atom stereocenters. The lowest BCUT2D eigenvalue weighted by Gasteiger charge is -2.20. The first kappa shape index (κ1) is 24.9. The van der Waals surface area contributed by atoms with Crippen LogP contribution in [0.2, 0.25) is 0 Å². The van der Waals surface area contributed by atoms with Gasteiger partial charge in [0.25, 0.3) is 5.91 Å². The molecule has 1 aliphatic heterocycles. The molecule has 0 saturated carbocycles. The van der Waals surface area contributed by atoms with Gasteiger partial charge in [-0.15, -0.1) is 0 Å². The summed E-state index contributed by atoms with van der Waals surface area (Å²) in [6.45, 7) is 5.63. The molecule has 0 atom stereocenters. The number of anilines is 1. The zero-order chi connectivity index (χ0) is 23.3. The molecule has 0 aromatic heterocycles. The van der Waals surface area contributed by atoms with E-state index >= 15 is 0 Å². The molecule has 1 N–H and O–H groups in total. The van der Waals surface area contributed by atoms with E-state index in [1.54, 1.807) is 13.8 Å². The van der Waals surface area contributed by atoms with E-state index in [9.17, 15) is 18.8 Å². The van der Waals surface area contributed by atoms with Crippen LogP contribution in [-0.4, -0.2) is 36.1 Å². The number of allylic oxidation sites excluding steroid dienone is 2. The average Bonchev–Trinajstić information content (AvgIpc) is 3.08. The number of hydrogen-bond acceptors (Lipinski definition) is 6. The highest BCUT2D eigenvalue weighted by atomic mass is 35.5. The van der Waals surface area contributed by atoms with Gasteiger partial charge in [0.05, 0.1) is 25.0 Å². The smallest absolute Gasteiger partial charge is 0.341 e. The van der Waals surface area contributed by atoms with Crippen molar-refractivity contribution in [1.29, 1.82) is 0 Å². The summed E-state index contributed by atoms with van der Waals surface area (Å²) in [6, 6.07) is 0. The number of rotatable bonds is 9. The van der Waals surface area contributed by atoms with Gasteiger partial charge >= 0.3 is 16.5 Å². The molecule has 2 rings (SSSR count). The van der Waals surface area contributed by atoms with Crippen LogP contribution in [-0.2, 0) is 32.1 Å². The largest absolute Gasteiger partial charge is 0.496 e. The number of amides is 1. The number of benzene rings is 1. The second-order valence-corrected chi connectivity index (χ2v) is 8.19. The van der Waals surface area contributed by atoms with E-state index in [1.165, 1.54) is 7.11 Å². The monoisotopic (exact) mass is 475 g/mol. The van der Waals surface area contributed by atoms with Gasteiger partial charge in [-0.05, 0) is 39.2 Å². The Bertz CT molecular complexity index is 924.